The van der Waals surface area contributed by atoms with E-state index in [0.29, 0.717) is 18.6 Å². The SMILES string of the molecule is COc1ccc(OCCCC(C)(N)C(N)=O)c([N+](=O)[O-])c1. The van der Waals surface area contributed by atoms with Crippen LogP contribution in [0.5, 0.6) is 11.5 Å². The van der Waals surface area contributed by atoms with E-state index in [1.807, 2.05) is 0 Å². The normalized spacial score (nSPS) is 13.3. The third kappa shape index (κ3) is 4.60. The Morgan fingerprint density at radius 2 is 2.14 bits per heavy atom. The van der Waals surface area contributed by atoms with Crippen molar-refractivity contribution in [3.63, 3.8) is 0 Å². The zero-order valence-corrected chi connectivity index (χ0v) is 12.0. The van der Waals surface area contributed by atoms with Gasteiger partial charge in [-0.05, 0) is 31.9 Å². The lowest BCUT2D eigenvalue weighted by molar-refractivity contribution is -0.385. The van der Waals surface area contributed by atoms with Gasteiger partial charge in [-0.3, -0.25) is 14.9 Å². The summed E-state index contributed by atoms with van der Waals surface area (Å²) >= 11 is 0. The lowest BCUT2D eigenvalue weighted by atomic mass is 9.97. The smallest absolute Gasteiger partial charge is 0.314 e. The molecule has 116 valence electrons. The van der Waals surface area contributed by atoms with Gasteiger partial charge in [0.25, 0.3) is 0 Å². The van der Waals surface area contributed by atoms with E-state index in [-0.39, 0.29) is 18.0 Å². The van der Waals surface area contributed by atoms with Gasteiger partial charge in [0.1, 0.15) is 5.75 Å². The van der Waals surface area contributed by atoms with Crippen LogP contribution in [0, 0.1) is 10.1 Å². The number of rotatable bonds is 8. The van der Waals surface area contributed by atoms with E-state index < -0.39 is 16.4 Å². The standard InChI is InChI=1S/C13H19N3O5/c1-13(15,12(14)17)6-3-7-21-11-5-4-9(20-2)8-10(11)16(18)19/h4-5,8H,3,6-7,15H2,1-2H3,(H2,14,17). The first kappa shape index (κ1) is 16.7. The fraction of sp³-hybridized carbons (Fsp3) is 0.462. The quantitative estimate of drug-likeness (QED) is 0.417. The molecule has 0 saturated heterocycles. The minimum Gasteiger partial charge on any atom is -0.496 e. The summed E-state index contributed by atoms with van der Waals surface area (Å²) < 4.78 is 10.3. The van der Waals surface area contributed by atoms with E-state index in [0.717, 1.165) is 0 Å². The van der Waals surface area contributed by atoms with Crippen LogP contribution in [0.15, 0.2) is 18.2 Å². The van der Waals surface area contributed by atoms with E-state index in [1.165, 1.54) is 26.2 Å². The molecule has 0 aliphatic heterocycles. The van der Waals surface area contributed by atoms with E-state index >= 15 is 0 Å². The molecule has 1 atom stereocenters. The molecule has 8 nitrogen and oxygen atoms in total. The number of carbonyl (C=O) groups excluding carboxylic acids is 1. The van der Waals surface area contributed by atoms with Gasteiger partial charge in [0.2, 0.25) is 5.91 Å². The van der Waals surface area contributed by atoms with Gasteiger partial charge < -0.3 is 20.9 Å². The van der Waals surface area contributed by atoms with Crippen molar-refractivity contribution in [3.05, 3.63) is 28.3 Å². The summed E-state index contributed by atoms with van der Waals surface area (Å²) in [6.45, 7) is 1.72. The van der Waals surface area contributed by atoms with Crippen LogP contribution in [0.25, 0.3) is 0 Å². The molecule has 0 saturated carbocycles. The fourth-order valence-electron chi connectivity index (χ4n) is 1.63. The van der Waals surface area contributed by atoms with Crippen molar-refractivity contribution in [2.24, 2.45) is 11.5 Å². The minimum absolute atomic E-state index is 0.138. The minimum atomic E-state index is -1.12. The van der Waals surface area contributed by atoms with Gasteiger partial charge >= 0.3 is 5.69 Å². The second-order valence-electron chi connectivity index (χ2n) is 4.82. The van der Waals surface area contributed by atoms with Crippen molar-refractivity contribution in [1.82, 2.24) is 0 Å². The molecule has 21 heavy (non-hydrogen) atoms. The van der Waals surface area contributed by atoms with Crippen LogP contribution < -0.4 is 20.9 Å². The summed E-state index contributed by atoms with van der Waals surface area (Å²) in [5.41, 5.74) is 9.55. The molecule has 0 aromatic heterocycles. The van der Waals surface area contributed by atoms with E-state index in [1.54, 1.807) is 6.07 Å². The molecule has 1 aromatic rings. The highest BCUT2D eigenvalue weighted by atomic mass is 16.6. The number of ether oxygens (including phenoxy) is 2. The number of methoxy groups -OCH3 is 1. The van der Waals surface area contributed by atoms with Crippen molar-refractivity contribution >= 4 is 11.6 Å². The Morgan fingerprint density at radius 3 is 2.67 bits per heavy atom. The molecule has 0 aliphatic rings. The lowest BCUT2D eigenvalue weighted by Crippen LogP contribution is -2.49. The highest BCUT2D eigenvalue weighted by Crippen LogP contribution is 2.31. The summed E-state index contributed by atoms with van der Waals surface area (Å²) in [7, 11) is 1.42. The molecule has 0 aliphatic carbocycles. The third-order valence-electron chi connectivity index (χ3n) is 3.02. The molecule has 0 fully saturated rings. The first-order chi connectivity index (χ1) is 9.77. The Balaban J connectivity index is 2.64. The largest absolute Gasteiger partial charge is 0.496 e. The van der Waals surface area contributed by atoms with E-state index in [2.05, 4.69) is 0 Å². The second-order valence-corrected chi connectivity index (χ2v) is 4.82. The number of nitrogens with zero attached hydrogens (tertiary/aromatic N) is 1. The predicted octanol–water partition coefficient (Wildman–Crippen LogP) is 0.965. The third-order valence-corrected chi connectivity index (χ3v) is 3.02. The molecular weight excluding hydrogens is 278 g/mol. The molecule has 0 radical (unpaired) electrons. The number of nitrogens with two attached hydrogens (primary N) is 2. The van der Waals surface area contributed by atoms with Crippen LogP contribution in [-0.2, 0) is 4.79 Å². The molecule has 1 aromatic carbocycles. The van der Waals surface area contributed by atoms with Gasteiger partial charge in [-0.15, -0.1) is 0 Å². The second kappa shape index (κ2) is 6.89. The van der Waals surface area contributed by atoms with Crippen LogP contribution in [-0.4, -0.2) is 30.1 Å². The highest BCUT2D eigenvalue weighted by molar-refractivity contribution is 5.83. The Hall–Kier alpha value is -2.35. The van der Waals surface area contributed by atoms with Gasteiger partial charge in [-0.25, -0.2) is 0 Å². The maximum atomic E-state index is 11.1. The average Bonchev–Trinajstić information content (AvgIpc) is 2.43. The summed E-state index contributed by atoms with van der Waals surface area (Å²) in [6.07, 6.45) is 0.769. The number of benzene rings is 1. The van der Waals surface area contributed by atoms with Gasteiger partial charge in [0, 0.05) is 0 Å². The molecule has 0 spiro atoms. The molecule has 1 amide bonds. The Morgan fingerprint density at radius 1 is 1.48 bits per heavy atom. The van der Waals surface area contributed by atoms with Crippen molar-refractivity contribution in [2.75, 3.05) is 13.7 Å². The summed E-state index contributed by atoms with van der Waals surface area (Å²) in [5.74, 6) is -0.0890. The van der Waals surface area contributed by atoms with Crippen LogP contribution in [0.2, 0.25) is 0 Å². The first-order valence-electron chi connectivity index (χ1n) is 6.32. The van der Waals surface area contributed by atoms with Crippen LogP contribution in [0.3, 0.4) is 0 Å². The number of carbonyl (C=O) groups is 1. The highest BCUT2D eigenvalue weighted by Gasteiger charge is 2.25. The molecule has 4 N–H and O–H groups in total. The van der Waals surface area contributed by atoms with Crippen molar-refractivity contribution < 1.29 is 19.2 Å². The number of amides is 1. The van der Waals surface area contributed by atoms with Crippen LogP contribution in [0.1, 0.15) is 19.8 Å². The van der Waals surface area contributed by atoms with Crippen molar-refractivity contribution in [1.29, 1.82) is 0 Å². The lowest BCUT2D eigenvalue weighted by Gasteiger charge is -2.20. The topological polar surface area (TPSA) is 131 Å². The Kier molecular flexibility index (Phi) is 5.48. The van der Waals surface area contributed by atoms with Crippen LogP contribution >= 0.6 is 0 Å². The molecule has 0 bridgehead atoms. The maximum absolute atomic E-state index is 11.1. The van der Waals surface area contributed by atoms with Gasteiger partial charge in [0.15, 0.2) is 5.75 Å². The Bertz CT molecular complexity index is 531. The number of hydrogen-bond donors (Lipinski definition) is 2. The molecule has 8 heteroatoms. The fourth-order valence-corrected chi connectivity index (χ4v) is 1.63. The summed E-state index contributed by atoms with van der Waals surface area (Å²) in [5, 5.41) is 11.0. The monoisotopic (exact) mass is 297 g/mol. The van der Waals surface area contributed by atoms with Crippen molar-refractivity contribution in [3.8, 4) is 11.5 Å². The van der Waals surface area contributed by atoms with E-state index in [9.17, 15) is 14.9 Å². The van der Waals surface area contributed by atoms with Crippen molar-refractivity contribution in [2.45, 2.75) is 25.3 Å². The predicted molar refractivity (Wildman–Crippen MR) is 76.2 cm³/mol. The number of hydrogen-bond acceptors (Lipinski definition) is 6. The number of primary amides is 1. The molecule has 0 heterocycles. The summed E-state index contributed by atoms with van der Waals surface area (Å²) in [4.78, 5) is 21.5. The van der Waals surface area contributed by atoms with E-state index in [4.69, 9.17) is 20.9 Å². The first-order valence-corrected chi connectivity index (χ1v) is 6.32. The molecular formula is C13H19N3O5. The van der Waals surface area contributed by atoms with Crippen LogP contribution in [0.4, 0.5) is 5.69 Å². The molecule has 1 rings (SSSR count). The zero-order valence-electron chi connectivity index (χ0n) is 12.0. The van der Waals surface area contributed by atoms with Gasteiger partial charge in [-0.2, -0.15) is 0 Å². The Labute approximate surface area is 122 Å². The van der Waals surface area contributed by atoms with Gasteiger partial charge in [-0.1, -0.05) is 0 Å². The number of nitro benzene ring substituents is 1. The summed E-state index contributed by atoms with van der Waals surface area (Å²) in [6, 6.07) is 4.32. The molecule has 1 unspecified atom stereocenters. The average molecular weight is 297 g/mol. The number of nitro groups is 1. The van der Waals surface area contributed by atoms with Gasteiger partial charge in [0.05, 0.1) is 30.2 Å². The zero-order chi connectivity index (χ0) is 16.0. The maximum Gasteiger partial charge on any atom is 0.314 e.